The number of sulfonamides is 1. The van der Waals surface area contributed by atoms with Crippen molar-refractivity contribution >= 4 is 15.7 Å². The highest BCUT2D eigenvalue weighted by Gasteiger charge is 2.21. The van der Waals surface area contributed by atoms with Crippen LogP contribution in [-0.2, 0) is 10.0 Å². The van der Waals surface area contributed by atoms with Crippen LogP contribution in [0, 0.1) is 5.92 Å². The van der Waals surface area contributed by atoms with E-state index in [4.69, 9.17) is 0 Å². The summed E-state index contributed by atoms with van der Waals surface area (Å²) in [5, 5.41) is 2.87. The molecule has 0 spiro atoms. The molecule has 18 heavy (non-hydrogen) atoms. The first kappa shape index (κ1) is 13.3. The Morgan fingerprint density at radius 2 is 2.11 bits per heavy atom. The summed E-state index contributed by atoms with van der Waals surface area (Å²) in [6.07, 6.45) is 7.61. The lowest BCUT2D eigenvalue weighted by atomic mass is 10.1. The van der Waals surface area contributed by atoms with E-state index in [1.807, 2.05) is 0 Å². The molecule has 5 nitrogen and oxygen atoms in total. The predicted molar refractivity (Wildman–Crippen MR) is 70.9 cm³/mol. The van der Waals surface area contributed by atoms with Crippen molar-refractivity contribution in [2.75, 3.05) is 18.9 Å². The van der Waals surface area contributed by atoms with Crippen molar-refractivity contribution in [3.8, 4) is 0 Å². The molecule has 1 fully saturated rings. The molecule has 1 aromatic rings. The van der Waals surface area contributed by atoms with Gasteiger partial charge in [0.1, 0.15) is 4.90 Å². The summed E-state index contributed by atoms with van der Waals surface area (Å²) in [5.74, 6) is 0.481. The molecular formula is C12H19N3O2S. The maximum absolute atomic E-state index is 12.2. The zero-order valence-corrected chi connectivity index (χ0v) is 11.3. The SMILES string of the molecule is CNc1ccncc1S(=O)(=O)NCC1CCCC1. The van der Waals surface area contributed by atoms with E-state index in [0.29, 0.717) is 18.2 Å². The second-order valence-electron chi connectivity index (χ2n) is 4.62. The molecule has 0 atom stereocenters. The lowest BCUT2D eigenvalue weighted by molar-refractivity contribution is 0.519. The van der Waals surface area contributed by atoms with E-state index in [-0.39, 0.29) is 4.90 Å². The molecule has 0 amide bonds. The van der Waals surface area contributed by atoms with Crippen molar-refractivity contribution in [3.63, 3.8) is 0 Å². The second kappa shape index (κ2) is 5.67. The molecule has 1 aliphatic carbocycles. The van der Waals surface area contributed by atoms with Gasteiger partial charge in [0.25, 0.3) is 0 Å². The molecule has 0 aliphatic heterocycles. The van der Waals surface area contributed by atoms with E-state index in [1.165, 1.54) is 19.0 Å². The van der Waals surface area contributed by atoms with Gasteiger partial charge < -0.3 is 5.32 Å². The van der Waals surface area contributed by atoms with Crippen molar-refractivity contribution in [3.05, 3.63) is 18.5 Å². The lowest BCUT2D eigenvalue weighted by Crippen LogP contribution is -2.29. The minimum Gasteiger partial charge on any atom is -0.387 e. The molecule has 0 radical (unpaired) electrons. The van der Waals surface area contributed by atoms with Crippen LogP contribution in [0.15, 0.2) is 23.4 Å². The van der Waals surface area contributed by atoms with Gasteiger partial charge in [-0.3, -0.25) is 4.98 Å². The fraction of sp³-hybridized carbons (Fsp3) is 0.583. The summed E-state index contributed by atoms with van der Waals surface area (Å²) in [6, 6.07) is 1.66. The van der Waals surface area contributed by atoms with Crippen LogP contribution in [0.25, 0.3) is 0 Å². The van der Waals surface area contributed by atoms with Crippen molar-refractivity contribution in [2.45, 2.75) is 30.6 Å². The van der Waals surface area contributed by atoms with E-state index in [0.717, 1.165) is 12.8 Å². The van der Waals surface area contributed by atoms with Crippen LogP contribution in [0.2, 0.25) is 0 Å². The molecule has 6 heteroatoms. The third-order valence-electron chi connectivity index (χ3n) is 3.38. The van der Waals surface area contributed by atoms with Gasteiger partial charge in [0, 0.05) is 26.0 Å². The summed E-state index contributed by atoms with van der Waals surface area (Å²) in [7, 11) is -1.77. The highest BCUT2D eigenvalue weighted by molar-refractivity contribution is 7.89. The standard InChI is InChI=1S/C12H19N3O2S/c1-13-11-6-7-14-9-12(11)18(16,17)15-8-10-4-2-3-5-10/h6-7,9-10,15H,2-5,8H2,1H3,(H,13,14). The van der Waals surface area contributed by atoms with Crippen LogP contribution in [0.5, 0.6) is 0 Å². The van der Waals surface area contributed by atoms with Gasteiger partial charge >= 0.3 is 0 Å². The average molecular weight is 269 g/mol. The molecule has 100 valence electrons. The maximum atomic E-state index is 12.2. The van der Waals surface area contributed by atoms with Gasteiger partial charge in [-0.25, -0.2) is 13.1 Å². The van der Waals surface area contributed by atoms with Gasteiger partial charge in [-0.2, -0.15) is 0 Å². The zero-order valence-electron chi connectivity index (χ0n) is 10.5. The summed E-state index contributed by atoms with van der Waals surface area (Å²) in [6.45, 7) is 0.528. The van der Waals surface area contributed by atoms with E-state index < -0.39 is 10.0 Å². The minimum atomic E-state index is -3.47. The van der Waals surface area contributed by atoms with E-state index in [9.17, 15) is 8.42 Å². The van der Waals surface area contributed by atoms with Crippen LogP contribution in [0.3, 0.4) is 0 Å². The Morgan fingerprint density at radius 3 is 2.78 bits per heavy atom. The highest BCUT2D eigenvalue weighted by Crippen LogP contribution is 2.25. The van der Waals surface area contributed by atoms with Gasteiger partial charge in [0.15, 0.2) is 0 Å². The fourth-order valence-electron chi connectivity index (χ4n) is 2.32. The molecule has 1 aromatic heterocycles. The average Bonchev–Trinajstić information content (AvgIpc) is 2.89. The second-order valence-corrected chi connectivity index (χ2v) is 6.36. The highest BCUT2D eigenvalue weighted by atomic mass is 32.2. The molecule has 1 aliphatic rings. The molecule has 0 saturated heterocycles. The Labute approximate surface area is 108 Å². The predicted octanol–water partition coefficient (Wildman–Crippen LogP) is 1.59. The van der Waals surface area contributed by atoms with Gasteiger partial charge in [-0.15, -0.1) is 0 Å². The van der Waals surface area contributed by atoms with Gasteiger partial charge in [-0.1, -0.05) is 12.8 Å². The summed E-state index contributed by atoms with van der Waals surface area (Å²) in [5.41, 5.74) is 0.573. The molecule has 0 aromatic carbocycles. The first-order valence-electron chi connectivity index (χ1n) is 6.25. The van der Waals surface area contributed by atoms with Gasteiger partial charge in [-0.05, 0) is 24.8 Å². The normalized spacial score (nSPS) is 16.9. The minimum absolute atomic E-state index is 0.213. The smallest absolute Gasteiger partial charge is 0.244 e. The quantitative estimate of drug-likeness (QED) is 0.851. The molecule has 1 heterocycles. The van der Waals surface area contributed by atoms with Crippen molar-refractivity contribution in [1.29, 1.82) is 0 Å². The van der Waals surface area contributed by atoms with Crippen LogP contribution in [0.1, 0.15) is 25.7 Å². The van der Waals surface area contributed by atoms with Crippen LogP contribution in [0.4, 0.5) is 5.69 Å². The molecule has 1 saturated carbocycles. The Kier molecular flexibility index (Phi) is 4.19. The Balaban J connectivity index is 2.09. The van der Waals surface area contributed by atoms with E-state index >= 15 is 0 Å². The van der Waals surface area contributed by atoms with Crippen LogP contribution < -0.4 is 10.0 Å². The number of hydrogen-bond acceptors (Lipinski definition) is 4. The van der Waals surface area contributed by atoms with E-state index in [2.05, 4.69) is 15.0 Å². The first-order valence-corrected chi connectivity index (χ1v) is 7.73. The third-order valence-corrected chi connectivity index (χ3v) is 4.83. The summed E-state index contributed by atoms with van der Waals surface area (Å²) >= 11 is 0. The topological polar surface area (TPSA) is 71.1 Å². The monoisotopic (exact) mass is 269 g/mol. The molecular weight excluding hydrogens is 250 g/mol. The number of rotatable bonds is 5. The summed E-state index contributed by atoms with van der Waals surface area (Å²) in [4.78, 5) is 4.09. The first-order chi connectivity index (χ1) is 8.63. The van der Waals surface area contributed by atoms with Crippen molar-refractivity contribution in [1.82, 2.24) is 9.71 Å². The number of aromatic nitrogens is 1. The van der Waals surface area contributed by atoms with E-state index in [1.54, 1.807) is 19.3 Å². The molecule has 2 N–H and O–H groups in total. The fourth-order valence-corrected chi connectivity index (χ4v) is 3.59. The number of nitrogens with zero attached hydrogens (tertiary/aromatic N) is 1. The Morgan fingerprint density at radius 1 is 1.39 bits per heavy atom. The van der Waals surface area contributed by atoms with Crippen LogP contribution in [-0.4, -0.2) is 27.0 Å². The van der Waals surface area contributed by atoms with Crippen LogP contribution >= 0.6 is 0 Å². The number of anilines is 1. The zero-order chi connectivity index (χ0) is 13.0. The number of hydrogen-bond donors (Lipinski definition) is 2. The van der Waals surface area contributed by atoms with Crippen molar-refractivity contribution < 1.29 is 8.42 Å². The molecule has 0 bridgehead atoms. The largest absolute Gasteiger partial charge is 0.387 e. The summed E-state index contributed by atoms with van der Waals surface area (Å²) < 4.78 is 27.0. The maximum Gasteiger partial charge on any atom is 0.244 e. The number of nitrogens with one attached hydrogen (secondary N) is 2. The molecule has 0 unspecified atom stereocenters. The lowest BCUT2D eigenvalue weighted by Gasteiger charge is -2.13. The third kappa shape index (κ3) is 3.00. The van der Waals surface area contributed by atoms with Gasteiger partial charge in [0.05, 0.1) is 5.69 Å². The Hall–Kier alpha value is -1.14. The number of pyridine rings is 1. The Bertz CT molecular complexity index is 496. The van der Waals surface area contributed by atoms with Crippen molar-refractivity contribution in [2.24, 2.45) is 5.92 Å². The molecule has 2 rings (SSSR count). The van der Waals surface area contributed by atoms with Gasteiger partial charge in [0.2, 0.25) is 10.0 Å².